The molecule has 5 aromatic rings. The normalized spacial score (nSPS) is 10.8. The predicted molar refractivity (Wildman–Crippen MR) is 132 cm³/mol. The van der Waals surface area contributed by atoms with Crippen LogP contribution in [-0.4, -0.2) is 14.4 Å². The zero-order chi connectivity index (χ0) is 20.7. The molecule has 154 valence electrons. The first-order valence-corrected chi connectivity index (χ1v) is 10.4. The van der Waals surface area contributed by atoms with Crippen molar-refractivity contribution in [1.82, 2.24) is 14.4 Å². The second-order valence-corrected chi connectivity index (χ2v) is 8.15. The molecule has 0 atom stereocenters. The van der Waals surface area contributed by atoms with Gasteiger partial charge in [-0.2, -0.15) is 0 Å². The van der Waals surface area contributed by atoms with Crippen LogP contribution >= 0.6 is 47.2 Å². The van der Waals surface area contributed by atoms with Crippen LogP contribution in [0.2, 0.25) is 15.1 Å². The summed E-state index contributed by atoms with van der Waals surface area (Å²) in [5, 5.41) is 2.06. The van der Waals surface area contributed by atoms with Crippen molar-refractivity contribution < 1.29 is 0 Å². The summed E-state index contributed by atoms with van der Waals surface area (Å²) in [6.45, 7) is 0. The first kappa shape index (κ1) is 21.7. The van der Waals surface area contributed by atoms with Gasteiger partial charge in [-0.05, 0) is 42.0 Å². The van der Waals surface area contributed by atoms with Gasteiger partial charge in [-0.1, -0.05) is 71.2 Å². The third-order valence-corrected chi connectivity index (χ3v) is 5.65. The smallest absolute Gasteiger partial charge is 0.234 e. The van der Waals surface area contributed by atoms with Crippen LogP contribution in [0.5, 0.6) is 0 Å². The van der Waals surface area contributed by atoms with Crippen molar-refractivity contribution in [2.24, 2.45) is 0 Å². The molecule has 2 heterocycles. The van der Waals surface area contributed by atoms with E-state index in [0.29, 0.717) is 20.8 Å². The highest BCUT2D eigenvalue weighted by molar-refractivity contribution is 6.31. The van der Waals surface area contributed by atoms with Gasteiger partial charge < -0.3 is 0 Å². The molecule has 0 fully saturated rings. The minimum Gasteiger partial charge on any atom is -0.282 e. The molecule has 0 aliphatic heterocycles. The number of imidazole rings is 1. The highest BCUT2D eigenvalue weighted by Crippen LogP contribution is 2.34. The topological polar surface area (TPSA) is 30.2 Å². The van der Waals surface area contributed by atoms with Crippen LogP contribution < -0.4 is 0 Å². The van der Waals surface area contributed by atoms with E-state index in [1.165, 1.54) is 0 Å². The fraction of sp³-hybridized carbons (Fsp3) is 0. The largest absolute Gasteiger partial charge is 0.282 e. The Kier molecular flexibility index (Phi) is 6.22. The van der Waals surface area contributed by atoms with Crippen molar-refractivity contribution in [1.29, 1.82) is 0 Å². The summed E-state index contributed by atoms with van der Waals surface area (Å²) in [5.74, 6) is 0.614. The van der Waals surface area contributed by atoms with Crippen LogP contribution in [0.3, 0.4) is 0 Å². The zero-order valence-corrected chi connectivity index (χ0v) is 19.1. The maximum absolute atomic E-state index is 6.12. The Balaban J connectivity index is 0.00000231. The average molecular weight is 487 g/mol. The summed E-state index contributed by atoms with van der Waals surface area (Å²) in [5.41, 5.74) is 5.71. The highest BCUT2D eigenvalue weighted by Gasteiger charge is 2.17. The summed E-state index contributed by atoms with van der Waals surface area (Å²) in [6, 6.07) is 23.1. The van der Waals surface area contributed by atoms with E-state index in [2.05, 4.69) is 4.98 Å². The van der Waals surface area contributed by atoms with Crippen LogP contribution in [0.15, 0.2) is 85.2 Å². The van der Waals surface area contributed by atoms with Gasteiger partial charge in [0.15, 0.2) is 0 Å². The number of hydrogen-bond donors (Lipinski definition) is 0. The molecule has 0 bridgehead atoms. The first-order valence-electron chi connectivity index (χ1n) is 9.24. The van der Waals surface area contributed by atoms with Crippen LogP contribution in [0.1, 0.15) is 0 Å². The van der Waals surface area contributed by atoms with Gasteiger partial charge in [0.1, 0.15) is 0 Å². The number of rotatable bonds is 3. The number of halogens is 4. The van der Waals surface area contributed by atoms with E-state index in [0.717, 1.165) is 33.6 Å². The monoisotopic (exact) mass is 485 g/mol. The van der Waals surface area contributed by atoms with E-state index in [9.17, 15) is 0 Å². The summed E-state index contributed by atoms with van der Waals surface area (Å²) < 4.78 is 2.01. The van der Waals surface area contributed by atoms with Gasteiger partial charge in [-0.3, -0.25) is 4.40 Å². The van der Waals surface area contributed by atoms with Crippen molar-refractivity contribution in [2.45, 2.75) is 0 Å². The van der Waals surface area contributed by atoms with Gasteiger partial charge in [0.05, 0.1) is 11.4 Å². The SMILES string of the molecule is Cl.Clc1ccc(-c2cnc3nc(-c4ccc(Cl)cc4)c(-c4ccc(Cl)cc4)n3c2)cc1. The third-order valence-electron chi connectivity index (χ3n) is 4.89. The van der Waals surface area contributed by atoms with Crippen LogP contribution in [0, 0.1) is 0 Å². The standard InChI is InChI=1S/C24H14Cl3N3.ClH/c25-19-7-1-15(2-8-19)18-13-28-24-29-22(16-3-9-20(26)10-4-16)23(30(24)14-18)17-5-11-21(27)12-6-17;/h1-14H;1H. The lowest BCUT2D eigenvalue weighted by Crippen LogP contribution is -1.93. The van der Waals surface area contributed by atoms with Gasteiger partial charge in [0.25, 0.3) is 0 Å². The van der Waals surface area contributed by atoms with Crippen molar-refractivity contribution in [3.8, 4) is 33.6 Å². The van der Waals surface area contributed by atoms with Gasteiger partial charge >= 0.3 is 0 Å². The van der Waals surface area contributed by atoms with Crippen molar-refractivity contribution in [2.75, 3.05) is 0 Å². The van der Waals surface area contributed by atoms with Gasteiger partial charge in [-0.25, -0.2) is 9.97 Å². The lowest BCUT2D eigenvalue weighted by molar-refractivity contribution is 1.11. The molecule has 0 amide bonds. The Morgan fingerprint density at radius 3 is 1.61 bits per heavy atom. The summed E-state index contributed by atoms with van der Waals surface area (Å²) in [7, 11) is 0. The van der Waals surface area contributed by atoms with E-state index < -0.39 is 0 Å². The number of fused-ring (bicyclic) bond motifs is 1. The molecule has 2 aromatic heterocycles. The van der Waals surface area contributed by atoms with Gasteiger partial charge in [0, 0.05) is 44.2 Å². The Morgan fingerprint density at radius 1 is 0.581 bits per heavy atom. The second kappa shape index (κ2) is 8.89. The second-order valence-electron chi connectivity index (χ2n) is 6.84. The molecule has 0 radical (unpaired) electrons. The van der Waals surface area contributed by atoms with E-state index in [1.54, 1.807) is 0 Å². The minimum atomic E-state index is 0. The van der Waals surface area contributed by atoms with Crippen LogP contribution in [-0.2, 0) is 0 Å². The Hall–Kier alpha value is -2.56. The highest BCUT2D eigenvalue weighted by atomic mass is 35.5. The Morgan fingerprint density at radius 2 is 1.06 bits per heavy atom. The lowest BCUT2D eigenvalue weighted by atomic mass is 10.0. The predicted octanol–water partition coefficient (Wildman–Crippen LogP) is 8.11. The van der Waals surface area contributed by atoms with E-state index >= 15 is 0 Å². The number of hydrogen-bond acceptors (Lipinski definition) is 2. The molecule has 3 aromatic carbocycles. The Bertz CT molecular complexity index is 1340. The molecule has 0 N–H and O–H groups in total. The molecule has 0 aliphatic rings. The molecule has 0 saturated heterocycles. The molecule has 0 saturated carbocycles. The molecule has 31 heavy (non-hydrogen) atoms. The fourth-order valence-corrected chi connectivity index (χ4v) is 3.80. The maximum atomic E-state index is 6.12. The Labute approximate surface area is 200 Å². The summed E-state index contributed by atoms with van der Waals surface area (Å²) in [6.07, 6.45) is 3.87. The number of nitrogens with zero attached hydrogens (tertiary/aromatic N) is 3. The number of aromatic nitrogens is 3. The molecule has 0 unspecified atom stereocenters. The fourth-order valence-electron chi connectivity index (χ4n) is 3.42. The lowest BCUT2D eigenvalue weighted by Gasteiger charge is -2.08. The van der Waals surface area contributed by atoms with E-state index in [1.807, 2.05) is 89.6 Å². The first-order chi connectivity index (χ1) is 14.6. The molecule has 0 aliphatic carbocycles. The molecule has 0 spiro atoms. The molecular weight excluding hydrogens is 472 g/mol. The van der Waals surface area contributed by atoms with E-state index in [-0.39, 0.29) is 12.4 Å². The average Bonchev–Trinajstić information content (AvgIpc) is 3.14. The van der Waals surface area contributed by atoms with E-state index in [4.69, 9.17) is 39.8 Å². The maximum Gasteiger partial charge on any atom is 0.234 e. The third kappa shape index (κ3) is 4.28. The molecule has 7 heteroatoms. The van der Waals surface area contributed by atoms with Crippen molar-refractivity contribution in [3.63, 3.8) is 0 Å². The molecule has 5 rings (SSSR count). The van der Waals surface area contributed by atoms with Gasteiger partial charge in [-0.15, -0.1) is 12.4 Å². The van der Waals surface area contributed by atoms with Crippen molar-refractivity contribution >= 4 is 53.0 Å². The van der Waals surface area contributed by atoms with Crippen molar-refractivity contribution in [3.05, 3.63) is 100 Å². The quantitative estimate of drug-likeness (QED) is 0.257. The summed E-state index contributed by atoms with van der Waals surface area (Å²) in [4.78, 5) is 9.43. The molecular formula is C24H15Cl4N3. The number of benzene rings is 3. The summed E-state index contributed by atoms with van der Waals surface area (Å²) >= 11 is 18.3. The van der Waals surface area contributed by atoms with Gasteiger partial charge in [0.2, 0.25) is 5.78 Å². The minimum absolute atomic E-state index is 0. The molecule has 3 nitrogen and oxygen atoms in total. The van der Waals surface area contributed by atoms with Crippen LogP contribution in [0.4, 0.5) is 0 Å². The van der Waals surface area contributed by atoms with Crippen LogP contribution in [0.25, 0.3) is 39.4 Å². The zero-order valence-electron chi connectivity index (χ0n) is 16.0.